The van der Waals surface area contributed by atoms with Crippen molar-refractivity contribution in [3.63, 3.8) is 0 Å². The molecule has 1 rings (SSSR count). The summed E-state index contributed by atoms with van der Waals surface area (Å²) in [5.74, 6) is 0. The lowest BCUT2D eigenvalue weighted by atomic mass is 10.0. The van der Waals surface area contributed by atoms with Crippen molar-refractivity contribution >= 4 is 0 Å². The van der Waals surface area contributed by atoms with Gasteiger partial charge in [0.15, 0.2) is 0 Å². The molecule has 1 aliphatic rings. The summed E-state index contributed by atoms with van der Waals surface area (Å²) in [6.07, 6.45) is 6.14. The Morgan fingerprint density at radius 1 is 1.29 bits per heavy atom. The van der Waals surface area contributed by atoms with Crippen LogP contribution >= 0.6 is 0 Å². The van der Waals surface area contributed by atoms with Gasteiger partial charge in [0.25, 0.3) is 0 Å². The Labute approximate surface area is 87.4 Å². The minimum atomic E-state index is 0.244. The highest BCUT2D eigenvalue weighted by Gasteiger charge is 2.28. The molecular weight excluding hydrogens is 176 g/mol. The van der Waals surface area contributed by atoms with Crippen molar-refractivity contribution in [1.82, 2.24) is 5.32 Å². The van der Waals surface area contributed by atoms with E-state index in [2.05, 4.69) is 12.2 Å². The van der Waals surface area contributed by atoms with Crippen LogP contribution in [0.15, 0.2) is 0 Å². The first-order valence-corrected chi connectivity index (χ1v) is 5.80. The molecule has 1 saturated heterocycles. The summed E-state index contributed by atoms with van der Waals surface area (Å²) in [6.45, 7) is 5.98. The molecule has 0 aromatic rings. The Morgan fingerprint density at radius 3 is 2.71 bits per heavy atom. The van der Waals surface area contributed by atoms with Crippen molar-refractivity contribution in [1.29, 1.82) is 0 Å². The van der Waals surface area contributed by atoms with Crippen molar-refractivity contribution in [2.45, 2.75) is 44.6 Å². The Morgan fingerprint density at radius 2 is 2.07 bits per heavy atom. The van der Waals surface area contributed by atoms with Crippen LogP contribution in [0.3, 0.4) is 0 Å². The van der Waals surface area contributed by atoms with E-state index in [0.29, 0.717) is 0 Å². The Kier molecular flexibility index (Phi) is 5.45. The normalized spacial score (nSPS) is 27.0. The van der Waals surface area contributed by atoms with Gasteiger partial charge in [0.2, 0.25) is 0 Å². The molecule has 3 heteroatoms. The van der Waals surface area contributed by atoms with Gasteiger partial charge in [-0.1, -0.05) is 12.8 Å². The topological polar surface area (TPSA) is 47.3 Å². The fourth-order valence-corrected chi connectivity index (χ4v) is 1.82. The Bertz CT molecular complexity index is 144. The van der Waals surface area contributed by atoms with Crippen molar-refractivity contribution < 1.29 is 4.74 Å². The predicted molar refractivity (Wildman–Crippen MR) is 59.4 cm³/mol. The van der Waals surface area contributed by atoms with E-state index >= 15 is 0 Å². The number of unbranched alkanes of at least 4 members (excludes halogenated alkanes) is 3. The van der Waals surface area contributed by atoms with Gasteiger partial charge in [-0.05, 0) is 39.3 Å². The summed E-state index contributed by atoms with van der Waals surface area (Å²) >= 11 is 0. The minimum absolute atomic E-state index is 0.244. The first kappa shape index (κ1) is 12.0. The zero-order valence-electron chi connectivity index (χ0n) is 9.35. The first-order valence-electron chi connectivity index (χ1n) is 5.80. The van der Waals surface area contributed by atoms with E-state index in [9.17, 15) is 0 Å². The number of rotatable bonds is 7. The highest BCUT2D eigenvalue weighted by atomic mass is 16.5. The second-order valence-electron chi connectivity index (χ2n) is 4.49. The maximum absolute atomic E-state index is 5.43. The SMILES string of the molecule is CC1(NCCCCCCN)CCOC1. The average molecular weight is 200 g/mol. The highest BCUT2D eigenvalue weighted by molar-refractivity contribution is 4.86. The largest absolute Gasteiger partial charge is 0.379 e. The summed E-state index contributed by atoms with van der Waals surface area (Å²) in [7, 11) is 0. The van der Waals surface area contributed by atoms with E-state index in [-0.39, 0.29) is 5.54 Å². The molecule has 0 bridgehead atoms. The van der Waals surface area contributed by atoms with E-state index in [4.69, 9.17) is 10.5 Å². The second kappa shape index (κ2) is 6.38. The van der Waals surface area contributed by atoms with Crippen LogP contribution in [0.1, 0.15) is 39.0 Å². The molecule has 1 fully saturated rings. The standard InChI is InChI=1S/C11H24N2O/c1-11(6-9-14-10-11)13-8-5-3-2-4-7-12/h13H,2-10,12H2,1H3. The van der Waals surface area contributed by atoms with Crippen LogP contribution in [0.4, 0.5) is 0 Å². The molecule has 0 aromatic heterocycles. The molecule has 0 aromatic carbocycles. The summed E-state index contributed by atoms with van der Waals surface area (Å²) in [5, 5.41) is 3.58. The van der Waals surface area contributed by atoms with Crippen LogP contribution in [0.5, 0.6) is 0 Å². The van der Waals surface area contributed by atoms with Crippen LogP contribution in [-0.4, -0.2) is 31.8 Å². The summed E-state index contributed by atoms with van der Waals surface area (Å²) in [6, 6.07) is 0. The van der Waals surface area contributed by atoms with Gasteiger partial charge in [0.05, 0.1) is 6.61 Å². The molecule has 0 aliphatic carbocycles. The van der Waals surface area contributed by atoms with E-state index < -0.39 is 0 Å². The monoisotopic (exact) mass is 200 g/mol. The van der Waals surface area contributed by atoms with Crippen molar-refractivity contribution in [3.8, 4) is 0 Å². The molecule has 1 aliphatic heterocycles. The minimum Gasteiger partial charge on any atom is -0.379 e. The van der Waals surface area contributed by atoms with Gasteiger partial charge in [-0.15, -0.1) is 0 Å². The lowest BCUT2D eigenvalue weighted by Gasteiger charge is -2.23. The van der Waals surface area contributed by atoms with Gasteiger partial charge in [0, 0.05) is 12.1 Å². The van der Waals surface area contributed by atoms with E-state index in [1.54, 1.807) is 0 Å². The van der Waals surface area contributed by atoms with Gasteiger partial charge in [-0.2, -0.15) is 0 Å². The Hall–Kier alpha value is -0.120. The van der Waals surface area contributed by atoms with Gasteiger partial charge in [-0.3, -0.25) is 0 Å². The number of hydrogen-bond acceptors (Lipinski definition) is 3. The molecule has 0 amide bonds. The summed E-state index contributed by atoms with van der Waals surface area (Å²) in [4.78, 5) is 0. The number of nitrogens with one attached hydrogen (secondary N) is 1. The van der Waals surface area contributed by atoms with Crippen molar-refractivity contribution in [2.75, 3.05) is 26.3 Å². The van der Waals surface area contributed by atoms with Crippen molar-refractivity contribution in [2.24, 2.45) is 5.73 Å². The van der Waals surface area contributed by atoms with E-state index in [0.717, 1.165) is 32.7 Å². The Balaban J connectivity index is 1.92. The molecule has 14 heavy (non-hydrogen) atoms. The van der Waals surface area contributed by atoms with Gasteiger partial charge >= 0.3 is 0 Å². The average Bonchev–Trinajstić information content (AvgIpc) is 2.59. The number of nitrogens with two attached hydrogens (primary N) is 1. The molecule has 1 atom stereocenters. The quantitative estimate of drug-likeness (QED) is 0.608. The van der Waals surface area contributed by atoms with Crippen LogP contribution in [0.2, 0.25) is 0 Å². The molecule has 0 spiro atoms. The van der Waals surface area contributed by atoms with Crippen LogP contribution < -0.4 is 11.1 Å². The molecule has 0 radical (unpaired) electrons. The fourth-order valence-electron chi connectivity index (χ4n) is 1.82. The molecule has 84 valence electrons. The highest BCUT2D eigenvalue weighted by Crippen LogP contribution is 2.17. The van der Waals surface area contributed by atoms with Crippen LogP contribution in [-0.2, 0) is 4.74 Å². The number of ether oxygens (including phenoxy) is 1. The van der Waals surface area contributed by atoms with Gasteiger partial charge < -0.3 is 15.8 Å². The van der Waals surface area contributed by atoms with Crippen LogP contribution in [0.25, 0.3) is 0 Å². The zero-order valence-corrected chi connectivity index (χ0v) is 9.35. The zero-order chi connectivity index (χ0) is 10.3. The lowest BCUT2D eigenvalue weighted by molar-refractivity contribution is 0.171. The number of hydrogen-bond donors (Lipinski definition) is 2. The predicted octanol–water partition coefficient (Wildman–Crippen LogP) is 1.27. The third kappa shape index (κ3) is 4.40. The van der Waals surface area contributed by atoms with Gasteiger partial charge in [0.1, 0.15) is 0 Å². The third-order valence-electron chi connectivity index (χ3n) is 2.90. The van der Waals surface area contributed by atoms with E-state index in [1.807, 2.05) is 0 Å². The molecule has 3 nitrogen and oxygen atoms in total. The third-order valence-corrected chi connectivity index (χ3v) is 2.90. The molecular formula is C11H24N2O. The van der Waals surface area contributed by atoms with Crippen molar-refractivity contribution in [3.05, 3.63) is 0 Å². The maximum atomic E-state index is 5.43. The molecule has 1 unspecified atom stereocenters. The van der Waals surface area contributed by atoms with Crippen LogP contribution in [0, 0.1) is 0 Å². The lowest BCUT2D eigenvalue weighted by Crippen LogP contribution is -2.43. The maximum Gasteiger partial charge on any atom is 0.0646 e. The second-order valence-corrected chi connectivity index (χ2v) is 4.49. The summed E-state index contributed by atoms with van der Waals surface area (Å²) < 4.78 is 5.38. The first-order chi connectivity index (χ1) is 6.77. The fraction of sp³-hybridized carbons (Fsp3) is 1.00. The molecule has 3 N–H and O–H groups in total. The molecule has 0 saturated carbocycles. The van der Waals surface area contributed by atoms with E-state index in [1.165, 1.54) is 25.7 Å². The molecule has 1 heterocycles. The van der Waals surface area contributed by atoms with Gasteiger partial charge in [-0.25, -0.2) is 0 Å². The summed E-state index contributed by atoms with van der Waals surface area (Å²) in [5.41, 5.74) is 5.68. The smallest absolute Gasteiger partial charge is 0.0646 e.